The molecule has 0 saturated heterocycles. The van der Waals surface area contributed by atoms with Crippen molar-refractivity contribution in [2.24, 2.45) is 0 Å². The van der Waals surface area contributed by atoms with Crippen LogP contribution in [-0.4, -0.2) is 32.0 Å². The summed E-state index contributed by atoms with van der Waals surface area (Å²) in [5.74, 6) is -0.447. The Morgan fingerprint density at radius 3 is 2.50 bits per heavy atom. The monoisotopic (exact) mass is 420 g/mol. The Kier molecular flexibility index (Phi) is 5.58. The van der Waals surface area contributed by atoms with Gasteiger partial charge in [-0.1, -0.05) is 11.8 Å². The molecule has 1 N–H and O–H groups in total. The van der Waals surface area contributed by atoms with Gasteiger partial charge in [-0.25, -0.2) is 14.4 Å². The van der Waals surface area contributed by atoms with E-state index in [9.17, 15) is 14.0 Å². The van der Waals surface area contributed by atoms with E-state index in [0.29, 0.717) is 33.3 Å². The zero-order valence-corrected chi connectivity index (χ0v) is 16.8. The van der Waals surface area contributed by atoms with E-state index in [2.05, 4.69) is 15.3 Å². The molecule has 0 fully saturated rings. The summed E-state index contributed by atoms with van der Waals surface area (Å²) in [5, 5.41) is 3.39. The van der Waals surface area contributed by atoms with Gasteiger partial charge in [0, 0.05) is 23.1 Å². The van der Waals surface area contributed by atoms with Gasteiger partial charge in [-0.3, -0.25) is 14.2 Å². The largest absolute Gasteiger partial charge is 0.325 e. The molecule has 150 valence electrons. The summed E-state index contributed by atoms with van der Waals surface area (Å²) in [4.78, 5) is 32.7. The number of nitrogens with one attached hydrogen (secondary N) is 1. The Labute approximate surface area is 176 Å². The molecular weight excluding hydrogens is 403 g/mol. The summed E-state index contributed by atoms with van der Waals surface area (Å²) in [7, 11) is 0. The third-order valence-corrected chi connectivity index (χ3v) is 5.32. The molecule has 1 amide bonds. The van der Waals surface area contributed by atoms with E-state index in [1.807, 2.05) is 6.07 Å². The molecule has 0 saturated carbocycles. The molecular formula is C22H17FN4O2S. The van der Waals surface area contributed by atoms with E-state index in [1.165, 1.54) is 30.8 Å². The molecule has 4 aromatic rings. The summed E-state index contributed by atoms with van der Waals surface area (Å²) in [5.41, 5.74) is 3.22. The number of rotatable bonds is 6. The van der Waals surface area contributed by atoms with Crippen molar-refractivity contribution in [1.82, 2.24) is 14.5 Å². The molecule has 30 heavy (non-hydrogen) atoms. The fraction of sp³-hybridized carbons (Fsp3) is 0.0909. The minimum Gasteiger partial charge on any atom is -0.325 e. The van der Waals surface area contributed by atoms with Crippen LogP contribution >= 0.6 is 11.8 Å². The minimum absolute atomic E-state index is 0.0308. The number of carbonyl (C=O) groups excluding carboxylic acids is 2. The van der Waals surface area contributed by atoms with Crippen LogP contribution in [0.15, 0.2) is 72.0 Å². The fourth-order valence-electron chi connectivity index (χ4n) is 2.93. The minimum atomic E-state index is -0.333. The number of ketones is 1. The fourth-order valence-corrected chi connectivity index (χ4v) is 3.74. The molecule has 8 heteroatoms. The number of Topliss-reactive ketones (excluding diaryl/α,β-unsaturated/α-hetero) is 1. The summed E-state index contributed by atoms with van der Waals surface area (Å²) in [6.07, 6.45) is 1.66. The normalized spacial score (nSPS) is 10.9. The number of hydrogen-bond acceptors (Lipinski definition) is 5. The number of fused-ring (bicyclic) bond motifs is 1. The van der Waals surface area contributed by atoms with Crippen molar-refractivity contribution in [3.05, 3.63) is 78.2 Å². The number of pyridine rings is 1. The summed E-state index contributed by atoms with van der Waals surface area (Å²) in [6, 6.07) is 16.4. The maximum absolute atomic E-state index is 13.4. The highest BCUT2D eigenvalue weighted by molar-refractivity contribution is 7.99. The van der Waals surface area contributed by atoms with Crippen molar-refractivity contribution in [3.8, 4) is 5.69 Å². The Morgan fingerprint density at radius 2 is 1.80 bits per heavy atom. The van der Waals surface area contributed by atoms with Crippen LogP contribution in [0.2, 0.25) is 0 Å². The van der Waals surface area contributed by atoms with Crippen LogP contribution in [0.3, 0.4) is 0 Å². The second-order valence-corrected chi connectivity index (χ2v) is 7.47. The van der Waals surface area contributed by atoms with Crippen molar-refractivity contribution < 1.29 is 14.0 Å². The van der Waals surface area contributed by atoms with Crippen LogP contribution < -0.4 is 5.32 Å². The Balaban J connectivity index is 1.53. The van der Waals surface area contributed by atoms with Gasteiger partial charge in [-0.05, 0) is 67.6 Å². The van der Waals surface area contributed by atoms with E-state index in [1.54, 1.807) is 53.2 Å². The molecule has 2 aromatic heterocycles. The highest BCUT2D eigenvalue weighted by Crippen LogP contribution is 2.27. The van der Waals surface area contributed by atoms with Gasteiger partial charge in [0.15, 0.2) is 16.6 Å². The van der Waals surface area contributed by atoms with Gasteiger partial charge < -0.3 is 5.32 Å². The number of benzene rings is 2. The standard InChI is InChI=1S/C22H17FN4O2S/c1-14(28)15-4-8-17(9-5-15)25-20(29)13-30-22-26-19-3-2-12-24-21(19)27(22)18-10-6-16(23)7-11-18/h2-12H,13H2,1H3,(H,25,29). The number of imidazole rings is 1. The van der Waals surface area contributed by atoms with Crippen molar-refractivity contribution in [3.63, 3.8) is 0 Å². The van der Waals surface area contributed by atoms with E-state index in [4.69, 9.17) is 0 Å². The predicted molar refractivity (Wildman–Crippen MR) is 115 cm³/mol. The second-order valence-electron chi connectivity index (χ2n) is 6.52. The Hall–Kier alpha value is -3.52. The first-order valence-electron chi connectivity index (χ1n) is 9.14. The lowest BCUT2D eigenvalue weighted by molar-refractivity contribution is -0.113. The number of nitrogens with zero attached hydrogens (tertiary/aromatic N) is 3. The van der Waals surface area contributed by atoms with Crippen molar-refractivity contribution in [2.75, 3.05) is 11.1 Å². The highest BCUT2D eigenvalue weighted by Gasteiger charge is 2.15. The molecule has 0 radical (unpaired) electrons. The average molecular weight is 420 g/mol. The number of thioether (sulfide) groups is 1. The SMILES string of the molecule is CC(=O)c1ccc(NC(=O)CSc2nc3cccnc3n2-c2ccc(F)cc2)cc1. The van der Waals surface area contributed by atoms with Gasteiger partial charge in [0.1, 0.15) is 11.3 Å². The summed E-state index contributed by atoms with van der Waals surface area (Å²) >= 11 is 1.26. The quantitative estimate of drug-likeness (QED) is 0.367. The first-order chi connectivity index (χ1) is 14.5. The van der Waals surface area contributed by atoms with Gasteiger partial charge >= 0.3 is 0 Å². The van der Waals surface area contributed by atoms with E-state index in [-0.39, 0.29) is 23.3 Å². The van der Waals surface area contributed by atoms with Gasteiger partial charge in [-0.2, -0.15) is 0 Å². The topological polar surface area (TPSA) is 76.9 Å². The molecule has 2 aromatic carbocycles. The van der Waals surface area contributed by atoms with Crippen molar-refractivity contribution >= 4 is 40.3 Å². The molecule has 0 atom stereocenters. The third kappa shape index (κ3) is 4.23. The molecule has 0 aliphatic carbocycles. The van der Waals surface area contributed by atoms with Crippen LogP contribution in [0.4, 0.5) is 10.1 Å². The first-order valence-corrected chi connectivity index (χ1v) is 10.1. The molecule has 2 heterocycles. The molecule has 0 bridgehead atoms. The third-order valence-electron chi connectivity index (χ3n) is 4.38. The molecule has 0 aliphatic heterocycles. The van der Waals surface area contributed by atoms with E-state index >= 15 is 0 Å². The van der Waals surface area contributed by atoms with Crippen LogP contribution in [-0.2, 0) is 4.79 Å². The zero-order chi connectivity index (χ0) is 21.1. The molecule has 4 rings (SSSR count). The second kappa shape index (κ2) is 8.46. The highest BCUT2D eigenvalue weighted by atomic mass is 32.2. The number of anilines is 1. The molecule has 0 unspecified atom stereocenters. The number of carbonyl (C=O) groups is 2. The number of aromatic nitrogens is 3. The molecule has 0 aliphatic rings. The van der Waals surface area contributed by atoms with Gasteiger partial charge in [-0.15, -0.1) is 0 Å². The average Bonchev–Trinajstić information content (AvgIpc) is 3.12. The van der Waals surface area contributed by atoms with E-state index in [0.717, 1.165) is 0 Å². The van der Waals surface area contributed by atoms with Gasteiger partial charge in [0.25, 0.3) is 0 Å². The summed E-state index contributed by atoms with van der Waals surface area (Å²) < 4.78 is 15.2. The Bertz CT molecular complexity index is 1220. The smallest absolute Gasteiger partial charge is 0.234 e. The lowest BCUT2D eigenvalue weighted by atomic mass is 10.1. The van der Waals surface area contributed by atoms with Crippen LogP contribution in [0.5, 0.6) is 0 Å². The van der Waals surface area contributed by atoms with Crippen molar-refractivity contribution in [2.45, 2.75) is 12.1 Å². The van der Waals surface area contributed by atoms with Crippen LogP contribution in [0.25, 0.3) is 16.9 Å². The first kappa shape index (κ1) is 19.8. The Morgan fingerprint density at radius 1 is 1.07 bits per heavy atom. The lowest BCUT2D eigenvalue weighted by Gasteiger charge is -2.09. The van der Waals surface area contributed by atoms with Crippen LogP contribution in [0.1, 0.15) is 17.3 Å². The van der Waals surface area contributed by atoms with Gasteiger partial charge in [0.05, 0.1) is 5.75 Å². The number of amides is 1. The van der Waals surface area contributed by atoms with Crippen molar-refractivity contribution in [1.29, 1.82) is 0 Å². The van der Waals surface area contributed by atoms with Crippen LogP contribution in [0, 0.1) is 5.82 Å². The lowest BCUT2D eigenvalue weighted by Crippen LogP contribution is -2.14. The van der Waals surface area contributed by atoms with E-state index < -0.39 is 0 Å². The number of halogens is 1. The maximum Gasteiger partial charge on any atom is 0.234 e. The zero-order valence-electron chi connectivity index (χ0n) is 16.0. The summed E-state index contributed by atoms with van der Waals surface area (Å²) in [6.45, 7) is 1.49. The molecule has 0 spiro atoms. The predicted octanol–water partition coefficient (Wildman–Crippen LogP) is 4.49. The van der Waals surface area contributed by atoms with Gasteiger partial charge in [0.2, 0.25) is 5.91 Å². The number of hydrogen-bond donors (Lipinski definition) is 1. The molecule has 6 nitrogen and oxygen atoms in total. The maximum atomic E-state index is 13.4.